The first kappa shape index (κ1) is 17.5. The first-order valence-corrected chi connectivity index (χ1v) is 9.82. The zero-order chi connectivity index (χ0) is 17.1. The summed E-state index contributed by atoms with van der Waals surface area (Å²) in [6, 6.07) is 7.30. The minimum absolute atomic E-state index is 0.165. The number of benzene rings is 1. The topological polar surface area (TPSA) is 44.0 Å². The van der Waals surface area contributed by atoms with Crippen molar-refractivity contribution >= 4 is 27.5 Å². The first-order chi connectivity index (χ1) is 11.6. The lowest BCUT2D eigenvalue weighted by Crippen LogP contribution is -2.43. The number of alkyl halides is 1. The predicted molar refractivity (Wildman–Crippen MR) is 101 cm³/mol. The van der Waals surface area contributed by atoms with Crippen LogP contribution in [0.3, 0.4) is 0 Å². The molecule has 0 amide bonds. The Morgan fingerprint density at radius 3 is 2.54 bits per heavy atom. The van der Waals surface area contributed by atoms with E-state index in [1.807, 2.05) is 12.1 Å². The molecule has 128 valence electrons. The first-order valence-electron chi connectivity index (χ1n) is 8.32. The zero-order valence-corrected chi connectivity index (χ0v) is 15.8. The number of aromatic nitrogens is 2. The second-order valence-electron chi connectivity index (χ2n) is 6.07. The molecule has 0 spiro atoms. The Kier molecular flexibility index (Phi) is 5.61. The third-order valence-electron chi connectivity index (χ3n) is 4.48. The second-order valence-corrected chi connectivity index (χ2v) is 7.30. The Hall–Kier alpha value is -1.33. The monoisotopic (exact) mass is 410 g/mol. The van der Waals surface area contributed by atoms with Crippen molar-refractivity contribution in [2.75, 3.05) is 5.33 Å². The quantitative estimate of drug-likeness (QED) is 0.554. The summed E-state index contributed by atoms with van der Waals surface area (Å²) in [6.45, 7) is 1.15. The van der Waals surface area contributed by atoms with Gasteiger partial charge in [0.2, 0.25) is 0 Å². The van der Waals surface area contributed by atoms with E-state index in [0.29, 0.717) is 23.7 Å². The fourth-order valence-electron chi connectivity index (χ4n) is 3.26. The van der Waals surface area contributed by atoms with Gasteiger partial charge in [-0.25, -0.2) is 4.79 Å². The van der Waals surface area contributed by atoms with E-state index in [4.69, 9.17) is 11.6 Å². The van der Waals surface area contributed by atoms with Gasteiger partial charge < -0.3 is 0 Å². The normalized spacial score (nSPS) is 13.8. The van der Waals surface area contributed by atoms with Gasteiger partial charge in [0, 0.05) is 29.1 Å². The van der Waals surface area contributed by atoms with E-state index in [9.17, 15) is 9.59 Å². The minimum atomic E-state index is -0.176. The molecule has 1 aliphatic rings. The Labute approximate surface area is 154 Å². The van der Waals surface area contributed by atoms with Crippen LogP contribution in [0.15, 0.2) is 33.9 Å². The molecule has 24 heavy (non-hydrogen) atoms. The molecule has 1 aromatic carbocycles. The van der Waals surface area contributed by atoms with Gasteiger partial charge in [-0.3, -0.25) is 13.9 Å². The Morgan fingerprint density at radius 2 is 1.83 bits per heavy atom. The van der Waals surface area contributed by atoms with Crippen LogP contribution in [0.4, 0.5) is 0 Å². The third kappa shape index (κ3) is 3.38. The standard InChI is InChI=1S/C18H20BrClN2O2/c19-10-2-4-12-22-17(23)16(13-6-8-14(20)9-7-13)15-5-1-3-11-21(15)18(22)24/h6-9H,1-5,10-12H2. The van der Waals surface area contributed by atoms with Crippen LogP contribution in [0.1, 0.15) is 31.4 Å². The lowest BCUT2D eigenvalue weighted by molar-refractivity contribution is 0.464. The number of fused-ring (bicyclic) bond motifs is 1. The summed E-state index contributed by atoms with van der Waals surface area (Å²) < 4.78 is 3.20. The van der Waals surface area contributed by atoms with Crippen LogP contribution in [-0.4, -0.2) is 14.5 Å². The van der Waals surface area contributed by atoms with E-state index in [2.05, 4.69) is 15.9 Å². The van der Waals surface area contributed by atoms with Crippen LogP contribution in [0.5, 0.6) is 0 Å². The Morgan fingerprint density at radius 1 is 1.08 bits per heavy atom. The van der Waals surface area contributed by atoms with Gasteiger partial charge in [-0.2, -0.15) is 0 Å². The number of unbranched alkanes of at least 4 members (excludes halogenated alkanes) is 1. The molecular weight excluding hydrogens is 392 g/mol. The molecule has 0 radical (unpaired) electrons. The van der Waals surface area contributed by atoms with Gasteiger partial charge in [0.25, 0.3) is 5.56 Å². The molecule has 0 N–H and O–H groups in total. The summed E-state index contributed by atoms with van der Waals surface area (Å²) in [5.41, 5.74) is 2.02. The molecule has 1 aliphatic heterocycles. The molecule has 0 atom stereocenters. The van der Waals surface area contributed by atoms with Crippen LogP contribution in [-0.2, 0) is 19.5 Å². The number of halogens is 2. The molecule has 6 heteroatoms. The van der Waals surface area contributed by atoms with Crippen molar-refractivity contribution in [2.24, 2.45) is 0 Å². The van der Waals surface area contributed by atoms with Crippen LogP contribution >= 0.6 is 27.5 Å². The minimum Gasteiger partial charge on any atom is -0.297 e. The Balaban J connectivity index is 2.19. The van der Waals surface area contributed by atoms with Crippen LogP contribution in [0.25, 0.3) is 11.1 Å². The van der Waals surface area contributed by atoms with Gasteiger partial charge >= 0.3 is 5.69 Å². The van der Waals surface area contributed by atoms with Gasteiger partial charge in [0.15, 0.2) is 0 Å². The Bertz CT molecular complexity index is 840. The van der Waals surface area contributed by atoms with Gasteiger partial charge in [-0.05, 0) is 49.8 Å². The maximum atomic E-state index is 13.0. The van der Waals surface area contributed by atoms with Crippen LogP contribution in [0.2, 0.25) is 5.02 Å². The highest BCUT2D eigenvalue weighted by Crippen LogP contribution is 2.25. The van der Waals surface area contributed by atoms with E-state index in [1.165, 1.54) is 4.57 Å². The van der Waals surface area contributed by atoms with E-state index >= 15 is 0 Å². The van der Waals surface area contributed by atoms with Crippen molar-refractivity contribution < 1.29 is 0 Å². The van der Waals surface area contributed by atoms with Gasteiger partial charge in [0.1, 0.15) is 0 Å². The van der Waals surface area contributed by atoms with Gasteiger partial charge in [-0.1, -0.05) is 39.7 Å². The van der Waals surface area contributed by atoms with Crippen LogP contribution in [0, 0.1) is 0 Å². The third-order valence-corrected chi connectivity index (χ3v) is 5.29. The molecule has 0 bridgehead atoms. The van der Waals surface area contributed by atoms with Crippen molar-refractivity contribution in [3.63, 3.8) is 0 Å². The maximum Gasteiger partial charge on any atom is 0.331 e. The molecule has 3 rings (SSSR count). The van der Waals surface area contributed by atoms with Crippen LogP contribution < -0.4 is 11.2 Å². The van der Waals surface area contributed by atoms with Crippen molar-refractivity contribution in [1.82, 2.24) is 9.13 Å². The molecule has 0 fully saturated rings. The highest BCUT2D eigenvalue weighted by Gasteiger charge is 2.22. The predicted octanol–water partition coefficient (Wildman–Crippen LogP) is 3.84. The highest BCUT2D eigenvalue weighted by molar-refractivity contribution is 9.09. The zero-order valence-electron chi connectivity index (χ0n) is 13.4. The molecule has 0 saturated heterocycles. The number of hydrogen-bond donors (Lipinski definition) is 0. The maximum absolute atomic E-state index is 13.0. The number of hydrogen-bond acceptors (Lipinski definition) is 2. The fraction of sp³-hybridized carbons (Fsp3) is 0.444. The van der Waals surface area contributed by atoms with Crippen molar-refractivity contribution in [3.05, 3.63) is 55.8 Å². The smallest absolute Gasteiger partial charge is 0.297 e. The van der Waals surface area contributed by atoms with Crippen molar-refractivity contribution in [3.8, 4) is 11.1 Å². The second kappa shape index (κ2) is 7.70. The fourth-order valence-corrected chi connectivity index (χ4v) is 3.79. The van der Waals surface area contributed by atoms with Gasteiger partial charge in [-0.15, -0.1) is 0 Å². The number of rotatable bonds is 5. The molecule has 0 saturated carbocycles. The summed E-state index contributed by atoms with van der Waals surface area (Å²) in [7, 11) is 0. The summed E-state index contributed by atoms with van der Waals surface area (Å²) in [5, 5.41) is 1.51. The average Bonchev–Trinajstić information content (AvgIpc) is 2.60. The van der Waals surface area contributed by atoms with E-state index in [-0.39, 0.29) is 11.2 Å². The molecule has 1 aromatic heterocycles. The summed E-state index contributed by atoms with van der Waals surface area (Å²) in [6.07, 6.45) is 4.49. The molecule has 0 aliphatic carbocycles. The average molecular weight is 412 g/mol. The van der Waals surface area contributed by atoms with Gasteiger partial charge in [0.05, 0.1) is 5.56 Å². The molecule has 2 heterocycles. The summed E-state index contributed by atoms with van der Waals surface area (Å²) in [4.78, 5) is 25.8. The SMILES string of the molecule is O=c1c(-c2ccc(Cl)cc2)c2n(c(=O)n1CCCCBr)CCCC2. The van der Waals surface area contributed by atoms with Crippen molar-refractivity contribution in [1.29, 1.82) is 0 Å². The number of nitrogens with zero attached hydrogens (tertiary/aromatic N) is 2. The van der Waals surface area contributed by atoms with E-state index in [0.717, 1.165) is 48.7 Å². The lowest BCUT2D eigenvalue weighted by Gasteiger charge is -2.23. The largest absolute Gasteiger partial charge is 0.331 e. The van der Waals surface area contributed by atoms with Crippen molar-refractivity contribution in [2.45, 2.75) is 45.2 Å². The van der Waals surface area contributed by atoms with E-state index < -0.39 is 0 Å². The molecule has 4 nitrogen and oxygen atoms in total. The van der Waals surface area contributed by atoms with E-state index in [1.54, 1.807) is 16.7 Å². The summed E-state index contributed by atoms with van der Waals surface area (Å²) >= 11 is 9.38. The lowest BCUT2D eigenvalue weighted by atomic mass is 9.99. The molecule has 0 unspecified atom stereocenters. The summed E-state index contributed by atoms with van der Waals surface area (Å²) in [5.74, 6) is 0. The highest BCUT2D eigenvalue weighted by atomic mass is 79.9. The molecular formula is C18H20BrClN2O2. The molecule has 2 aromatic rings.